The molecule has 25 heavy (non-hydrogen) atoms. The molecule has 0 aliphatic heterocycles. The Labute approximate surface area is 162 Å². The van der Waals surface area contributed by atoms with Gasteiger partial charge in [0.25, 0.3) is 5.91 Å². The maximum absolute atomic E-state index is 11.8. The van der Waals surface area contributed by atoms with Crippen molar-refractivity contribution in [2.24, 2.45) is 5.10 Å². The average Bonchev–Trinajstić information content (AvgIpc) is 2.61. The van der Waals surface area contributed by atoms with Gasteiger partial charge in [0.05, 0.1) is 29.4 Å². The van der Waals surface area contributed by atoms with E-state index in [1.165, 1.54) is 6.21 Å². The van der Waals surface area contributed by atoms with E-state index in [1.807, 2.05) is 18.2 Å². The standard InChI is InChI=1S/C17H16Br2N2O4/c1-23-12-5-3-4-11(6-12)9-20-21-16(22)10-25-17-14(18)7-13(24-2)8-15(17)19/h3-9H,10H2,1-2H3,(H,21,22)/b20-9-. The molecule has 8 heteroatoms. The molecule has 132 valence electrons. The number of methoxy groups -OCH3 is 2. The van der Waals surface area contributed by atoms with E-state index in [4.69, 9.17) is 14.2 Å². The molecule has 0 saturated carbocycles. The van der Waals surface area contributed by atoms with Crippen molar-refractivity contribution in [2.75, 3.05) is 20.8 Å². The first-order valence-corrected chi connectivity index (χ1v) is 8.74. The third-order valence-electron chi connectivity index (χ3n) is 3.05. The quantitative estimate of drug-likeness (QED) is 0.493. The summed E-state index contributed by atoms with van der Waals surface area (Å²) in [6, 6.07) is 10.8. The minimum Gasteiger partial charge on any atom is -0.497 e. The normalized spacial score (nSPS) is 10.6. The molecule has 0 aromatic heterocycles. The molecule has 2 aromatic rings. The molecule has 1 amide bonds. The Morgan fingerprint density at radius 3 is 2.44 bits per heavy atom. The summed E-state index contributed by atoms with van der Waals surface area (Å²) in [6.45, 7) is -0.182. The summed E-state index contributed by atoms with van der Waals surface area (Å²) < 4.78 is 17.1. The van der Waals surface area contributed by atoms with E-state index < -0.39 is 0 Å². The van der Waals surface area contributed by atoms with Crippen molar-refractivity contribution in [3.63, 3.8) is 0 Å². The second kappa shape index (κ2) is 9.43. The van der Waals surface area contributed by atoms with Crippen LogP contribution < -0.4 is 19.6 Å². The number of amides is 1. The lowest BCUT2D eigenvalue weighted by Gasteiger charge is -2.11. The minimum absolute atomic E-state index is 0.182. The second-order valence-corrected chi connectivity index (χ2v) is 6.49. The molecule has 0 aliphatic carbocycles. The highest BCUT2D eigenvalue weighted by Gasteiger charge is 2.11. The first-order chi connectivity index (χ1) is 12.0. The SMILES string of the molecule is COc1cccc(/C=N\NC(=O)COc2c(Br)cc(OC)cc2Br)c1. The molecular weight excluding hydrogens is 456 g/mol. The van der Waals surface area contributed by atoms with Gasteiger partial charge in [0.2, 0.25) is 0 Å². The lowest BCUT2D eigenvalue weighted by molar-refractivity contribution is -0.123. The van der Waals surface area contributed by atoms with Crippen LogP contribution in [-0.4, -0.2) is 32.9 Å². The number of rotatable bonds is 7. The number of ether oxygens (including phenoxy) is 3. The molecule has 0 unspecified atom stereocenters. The molecule has 0 radical (unpaired) electrons. The fourth-order valence-corrected chi connectivity index (χ4v) is 3.24. The van der Waals surface area contributed by atoms with Crippen molar-refractivity contribution in [3.8, 4) is 17.2 Å². The molecule has 6 nitrogen and oxygen atoms in total. The van der Waals surface area contributed by atoms with Crippen molar-refractivity contribution in [3.05, 3.63) is 50.9 Å². The van der Waals surface area contributed by atoms with Crippen LogP contribution >= 0.6 is 31.9 Å². The first-order valence-electron chi connectivity index (χ1n) is 7.15. The summed E-state index contributed by atoms with van der Waals surface area (Å²) in [4.78, 5) is 11.8. The van der Waals surface area contributed by atoms with E-state index in [9.17, 15) is 4.79 Å². The maximum atomic E-state index is 11.8. The molecule has 0 atom stereocenters. The van der Waals surface area contributed by atoms with Gasteiger partial charge in [-0.05, 0) is 61.7 Å². The molecule has 0 bridgehead atoms. The summed E-state index contributed by atoms with van der Waals surface area (Å²) in [5.74, 6) is 1.51. The highest BCUT2D eigenvalue weighted by Crippen LogP contribution is 2.37. The fourth-order valence-electron chi connectivity index (χ4n) is 1.86. The number of halogens is 2. The van der Waals surface area contributed by atoms with Crippen molar-refractivity contribution in [2.45, 2.75) is 0 Å². The van der Waals surface area contributed by atoms with Gasteiger partial charge < -0.3 is 14.2 Å². The highest BCUT2D eigenvalue weighted by atomic mass is 79.9. The van der Waals surface area contributed by atoms with Crippen LogP contribution in [0.4, 0.5) is 0 Å². The van der Waals surface area contributed by atoms with E-state index >= 15 is 0 Å². The zero-order chi connectivity index (χ0) is 18.2. The van der Waals surface area contributed by atoms with Crippen LogP contribution in [0.25, 0.3) is 0 Å². The largest absolute Gasteiger partial charge is 0.497 e. The second-order valence-electron chi connectivity index (χ2n) is 4.78. The predicted octanol–water partition coefficient (Wildman–Crippen LogP) is 3.76. The van der Waals surface area contributed by atoms with Gasteiger partial charge in [-0.15, -0.1) is 0 Å². The maximum Gasteiger partial charge on any atom is 0.277 e. The van der Waals surface area contributed by atoms with Gasteiger partial charge in [-0.25, -0.2) is 5.43 Å². The van der Waals surface area contributed by atoms with Gasteiger partial charge >= 0.3 is 0 Å². The van der Waals surface area contributed by atoms with Crippen LogP contribution in [0.2, 0.25) is 0 Å². The monoisotopic (exact) mass is 470 g/mol. The molecule has 0 fully saturated rings. The fraction of sp³-hybridized carbons (Fsp3) is 0.176. The highest BCUT2D eigenvalue weighted by molar-refractivity contribution is 9.11. The summed E-state index contributed by atoms with van der Waals surface area (Å²) in [5, 5.41) is 3.90. The lowest BCUT2D eigenvalue weighted by atomic mass is 10.2. The van der Waals surface area contributed by atoms with Crippen LogP contribution in [0.3, 0.4) is 0 Å². The van der Waals surface area contributed by atoms with Gasteiger partial charge in [-0.1, -0.05) is 12.1 Å². The Morgan fingerprint density at radius 1 is 1.12 bits per heavy atom. The Morgan fingerprint density at radius 2 is 1.80 bits per heavy atom. The number of benzene rings is 2. The van der Waals surface area contributed by atoms with Gasteiger partial charge in [0, 0.05) is 0 Å². The van der Waals surface area contributed by atoms with E-state index in [1.54, 1.807) is 32.4 Å². The van der Waals surface area contributed by atoms with Crippen LogP contribution in [-0.2, 0) is 4.79 Å². The zero-order valence-corrected chi connectivity index (χ0v) is 16.8. The van der Waals surface area contributed by atoms with Gasteiger partial charge in [-0.2, -0.15) is 5.10 Å². The van der Waals surface area contributed by atoms with Gasteiger partial charge in [-0.3, -0.25) is 4.79 Å². The van der Waals surface area contributed by atoms with Crippen LogP contribution in [0.15, 0.2) is 50.4 Å². The average molecular weight is 472 g/mol. The van der Waals surface area contributed by atoms with Gasteiger partial charge in [0.15, 0.2) is 6.61 Å². The third kappa shape index (κ3) is 5.75. The third-order valence-corrected chi connectivity index (χ3v) is 4.23. The van der Waals surface area contributed by atoms with Crippen LogP contribution in [0.1, 0.15) is 5.56 Å². The molecule has 0 heterocycles. The van der Waals surface area contributed by atoms with Crippen molar-refractivity contribution in [1.29, 1.82) is 0 Å². The van der Waals surface area contributed by atoms with Gasteiger partial charge in [0.1, 0.15) is 17.2 Å². The van der Waals surface area contributed by atoms with Crippen LogP contribution in [0, 0.1) is 0 Å². The van der Waals surface area contributed by atoms with E-state index in [2.05, 4.69) is 42.4 Å². The topological polar surface area (TPSA) is 69.2 Å². The predicted molar refractivity (Wildman–Crippen MR) is 103 cm³/mol. The van der Waals surface area contributed by atoms with Crippen molar-refractivity contribution >= 4 is 44.0 Å². The molecule has 2 rings (SSSR count). The van der Waals surface area contributed by atoms with E-state index in [0.29, 0.717) is 26.2 Å². The zero-order valence-electron chi connectivity index (χ0n) is 13.6. The summed E-state index contributed by atoms with van der Waals surface area (Å²) in [6.07, 6.45) is 1.53. The minimum atomic E-state index is -0.381. The number of nitrogens with zero attached hydrogens (tertiary/aromatic N) is 1. The Hall–Kier alpha value is -2.06. The molecule has 0 aliphatic rings. The Kier molecular flexibility index (Phi) is 7.27. The lowest BCUT2D eigenvalue weighted by Crippen LogP contribution is -2.24. The molecule has 0 saturated heterocycles. The van der Waals surface area contributed by atoms with Crippen molar-refractivity contribution < 1.29 is 19.0 Å². The number of nitrogens with one attached hydrogen (secondary N) is 1. The number of carbonyl (C=O) groups is 1. The first kappa shape index (κ1) is 19.3. The Balaban J connectivity index is 1.89. The molecule has 2 aromatic carbocycles. The number of hydrazone groups is 1. The van der Waals surface area contributed by atoms with Crippen LogP contribution in [0.5, 0.6) is 17.2 Å². The Bertz CT molecular complexity index is 758. The number of carbonyl (C=O) groups excluding carboxylic acids is 1. The summed E-state index contributed by atoms with van der Waals surface area (Å²) in [7, 11) is 3.16. The number of hydrogen-bond donors (Lipinski definition) is 1. The van der Waals surface area contributed by atoms with E-state index in [0.717, 1.165) is 5.56 Å². The molecule has 1 N–H and O–H groups in total. The summed E-state index contributed by atoms with van der Waals surface area (Å²) in [5.41, 5.74) is 3.22. The van der Waals surface area contributed by atoms with E-state index in [-0.39, 0.29) is 12.5 Å². The summed E-state index contributed by atoms with van der Waals surface area (Å²) >= 11 is 6.76. The van der Waals surface area contributed by atoms with Crippen molar-refractivity contribution in [1.82, 2.24) is 5.43 Å². The molecule has 0 spiro atoms. The molecular formula is C17H16Br2N2O4. The smallest absolute Gasteiger partial charge is 0.277 e. The number of hydrogen-bond acceptors (Lipinski definition) is 5.